The second kappa shape index (κ2) is 5.16. The predicted octanol–water partition coefficient (Wildman–Crippen LogP) is 2.58. The molecule has 0 bridgehead atoms. The Morgan fingerprint density at radius 1 is 0.952 bits per heavy atom. The summed E-state index contributed by atoms with van der Waals surface area (Å²) in [5.74, 6) is 1.64. The smallest absolute Gasteiger partial charge is 0.258 e. The van der Waals surface area contributed by atoms with Gasteiger partial charge in [-0.1, -0.05) is 5.16 Å². The Balaban J connectivity index is 1.95. The molecule has 0 saturated heterocycles. The van der Waals surface area contributed by atoms with Crippen molar-refractivity contribution in [2.24, 2.45) is 0 Å². The van der Waals surface area contributed by atoms with Gasteiger partial charge in [0, 0.05) is 22.5 Å². The molecular formula is C15H14N4O2. The SMILES string of the molecule is COc1ccc(-c2noc(-c3cc(N)cc(N)c3)n2)cc1. The van der Waals surface area contributed by atoms with Crippen LogP contribution in [0, 0.1) is 0 Å². The Morgan fingerprint density at radius 2 is 1.62 bits per heavy atom. The number of hydrogen-bond donors (Lipinski definition) is 2. The average molecular weight is 282 g/mol. The Kier molecular flexibility index (Phi) is 3.19. The maximum Gasteiger partial charge on any atom is 0.258 e. The van der Waals surface area contributed by atoms with E-state index in [9.17, 15) is 0 Å². The molecule has 0 radical (unpaired) electrons. The summed E-state index contributed by atoms with van der Waals surface area (Å²) >= 11 is 0. The van der Waals surface area contributed by atoms with Crippen molar-refractivity contribution in [1.29, 1.82) is 0 Å². The van der Waals surface area contributed by atoms with Crippen LogP contribution in [0.4, 0.5) is 11.4 Å². The highest BCUT2D eigenvalue weighted by Gasteiger charge is 2.11. The molecule has 2 aromatic carbocycles. The van der Waals surface area contributed by atoms with E-state index in [4.69, 9.17) is 20.7 Å². The van der Waals surface area contributed by atoms with Crippen LogP contribution in [-0.2, 0) is 0 Å². The zero-order valence-electron chi connectivity index (χ0n) is 11.4. The van der Waals surface area contributed by atoms with E-state index in [0.717, 1.165) is 11.3 Å². The molecule has 6 heteroatoms. The molecule has 0 amide bonds. The molecular weight excluding hydrogens is 268 g/mol. The Bertz CT molecular complexity index is 745. The van der Waals surface area contributed by atoms with Gasteiger partial charge in [0.1, 0.15) is 5.75 Å². The van der Waals surface area contributed by atoms with E-state index < -0.39 is 0 Å². The van der Waals surface area contributed by atoms with E-state index in [1.165, 1.54) is 0 Å². The number of ether oxygens (including phenoxy) is 1. The van der Waals surface area contributed by atoms with E-state index in [0.29, 0.717) is 28.7 Å². The predicted molar refractivity (Wildman–Crippen MR) is 80.5 cm³/mol. The minimum atomic E-state index is 0.375. The van der Waals surface area contributed by atoms with E-state index >= 15 is 0 Å². The van der Waals surface area contributed by atoms with Gasteiger partial charge in [0.25, 0.3) is 5.89 Å². The number of nitrogens with zero attached hydrogens (tertiary/aromatic N) is 2. The second-order valence-corrected chi connectivity index (χ2v) is 4.54. The highest BCUT2D eigenvalue weighted by atomic mass is 16.5. The molecule has 3 rings (SSSR count). The second-order valence-electron chi connectivity index (χ2n) is 4.54. The minimum absolute atomic E-state index is 0.375. The fourth-order valence-corrected chi connectivity index (χ4v) is 2.00. The Hall–Kier alpha value is -3.02. The normalized spacial score (nSPS) is 10.5. The van der Waals surface area contributed by atoms with Gasteiger partial charge >= 0.3 is 0 Å². The molecule has 1 aromatic heterocycles. The van der Waals surface area contributed by atoms with Gasteiger partial charge in [-0.05, 0) is 42.5 Å². The van der Waals surface area contributed by atoms with Crippen molar-refractivity contribution >= 4 is 11.4 Å². The van der Waals surface area contributed by atoms with E-state index in [1.54, 1.807) is 25.3 Å². The summed E-state index contributed by atoms with van der Waals surface area (Å²) < 4.78 is 10.4. The third-order valence-electron chi connectivity index (χ3n) is 3.00. The Morgan fingerprint density at radius 3 is 2.24 bits per heavy atom. The first-order valence-electron chi connectivity index (χ1n) is 6.30. The van der Waals surface area contributed by atoms with Gasteiger partial charge in [-0.25, -0.2) is 0 Å². The molecule has 6 nitrogen and oxygen atoms in total. The lowest BCUT2D eigenvalue weighted by atomic mass is 10.1. The van der Waals surface area contributed by atoms with Crippen molar-refractivity contribution in [2.75, 3.05) is 18.6 Å². The van der Waals surface area contributed by atoms with Gasteiger partial charge in [-0.3, -0.25) is 0 Å². The quantitative estimate of drug-likeness (QED) is 0.716. The van der Waals surface area contributed by atoms with Crippen LogP contribution in [0.2, 0.25) is 0 Å². The maximum absolute atomic E-state index is 5.76. The molecule has 3 aromatic rings. The molecule has 0 aliphatic rings. The van der Waals surface area contributed by atoms with Crippen LogP contribution in [-0.4, -0.2) is 17.3 Å². The zero-order valence-corrected chi connectivity index (χ0v) is 11.4. The standard InChI is InChI=1S/C15H14N4O2/c1-20-13-4-2-9(3-5-13)14-18-15(21-19-14)10-6-11(16)8-12(17)7-10/h2-8H,16-17H2,1H3. The molecule has 0 unspecified atom stereocenters. The summed E-state index contributed by atoms with van der Waals surface area (Å²) in [4.78, 5) is 4.36. The van der Waals surface area contributed by atoms with Gasteiger partial charge in [0.15, 0.2) is 0 Å². The van der Waals surface area contributed by atoms with Crippen LogP contribution in [0.3, 0.4) is 0 Å². The number of anilines is 2. The van der Waals surface area contributed by atoms with Gasteiger partial charge < -0.3 is 20.7 Å². The molecule has 0 aliphatic heterocycles. The topological polar surface area (TPSA) is 100 Å². The highest BCUT2D eigenvalue weighted by molar-refractivity contribution is 5.68. The molecule has 0 atom stereocenters. The lowest BCUT2D eigenvalue weighted by Crippen LogP contribution is -1.91. The van der Waals surface area contributed by atoms with Crippen molar-refractivity contribution in [2.45, 2.75) is 0 Å². The highest BCUT2D eigenvalue weighted by Crippen LogP contribution is 2.26. The van der Waals surface area contributed by atoms with Gasteiger partial charge in [0.05, 0.1) is 7.11 Å². The van der Waals surface area contributed by atoms with Crippen molar-refractivity contribution < 1.29 is 9.26 Å². The number of aromatic nitrogens is 2. The fourth-order valence-electron chi connectivity index (χ4n) is 2.00. The first kappa shape index (κ1) is 13.0. The Labute approximate surface area is 121 Å². The minimum Gasteiger partial charge on any atom is -0.497 e. The summed E-state index contributed by atoms with van der Waals surface area (Å²) in [6.07, 6.45) is 0. The molecule has 0 saturated carbocycles. The van der Waals surface area contributed by atoms with Crippen LogP contribution in [0.15, 0.2) is 47.0 Å². The molecule has 106 valence electrons. The molecule has 4 N–H and O–H groups in total. The van der Waals surface area contributed by atoms with Crippen LogP contribution >= 0.6 is 0 Å². The van der Waals surface area contributed by atoms with Gasteiger partial charge in [0.2, 0.25) is 5.82 Å². The van der Waals surface area contributed by atoms with Crippen molar-refractivity contribution in [3.8, 4) is 28.6 Å². The first-order chi connectivity index (χ1) is 10.2. The van der Waals surface area contributed by atoms with Crippen LogP contribution < -0.4 is 16.2 Å². The van der Waals surface area contributed by atoms with E-state index in [-0.39, 0.29) is 0 Å². The fraction of sp³-hybridized carbons (Fsp3) is 0.0667. The van der Waals surface area contributed by atoms with Crippen molar-refractivity contribution in [3.05, 3.63) is 42.5 Å². The third kappa shape index (κ3) is 2.64. The van der Waals surface area contributed by atoms with Gasteiger partial charge in [-0.2, -0.15) is 4.98 Å². The van der Waals surface area contributed by atoms with Crippen molar-refractivity contribution in [3.63, 3.8) is 0 Å². The summed E-state index contributed by atoms with van der Waals surface area (Å²) in [6, 6.07) is 12.5. The lowest BCUT2D eigenvalue weighted by Gasteiger charge is -2.00. The summed E-state index contributed by atoms with van der Waals surface area (Å²) in [6.45, 7) is 0. The molecule has 0 aliphatic carbocycles. The number of rotatable bonds is 3. The molecule has 21 heavy (non-hydrogen) atoms. The lowest BCUT2D eigenvalue weighted by molar-refractivity contribution is 0.415. The number of nitrogens with two attached hydrogens (primary N) is 2. The van der Waals surface area contributed by atoms with Gasteiger partial charge in [-0.15, -0.1) is 0 Å². The average Bonchev–Trinajstić information content (AvgIpc) is 2.96. The molecule has 0 fully saturated rings. The number of methoxy groups -OCH3 is 1. The number of hydrogen-bond acceptors (Lipinski definition) is 6. The summed E-state index contributed by atoms with van der Waals surface area (Å²) in [5, 5.41) is 3.97. The third-order valence-corrected chi connectivity index (χ3v) is 3.00. The summed E-state index contributed by atoms with van der Waals surface area (Å²) in [5.41, 5.74) is 14.2. The summed E-state index contributed by atoms with van der Waals surface area (Å²) in [7, 11) is 1.62. The largest absolute Gasteiger partial charge is 0.497 e. The van der Waals surface area contributed by atoms with Crippen LogP contribution in [0.1, 0.15) is 0 Å². The zero-order chi connectivity index (χ0) is 14.8. The maximum atomic E-state index is 5.76. The molecule has 0 spiro atoms. The van der Waals surface area contributed by atoms with E-state index in [1.807, 2.05) is 24.3 Å². The monoisotopic (exact) mass is 282 g/mol. The van der Waals surface area contributed by atoms with Crippen molar-refractivity contribution in [1.82, 2.24) is 10.1 Å². The van der Waals surface area contributed by atoms with Crippen LogP contribution in [0.25, 0.3) is 22.8 Å². The molecule has 1 heterocycles. The number of benzene rings is 2. The van der Waals surface area contributed by atoms with E-state index in [2.05, 4.69) is 10.1 Å². The first-order valence-corrected chi connectivity index (χ1v) is 6.30. The number of nitrogen functional groups attached to an aromatic ring is 2. The van der Waals surface area contributed by atoms with Crippen LogP contribution in [0.5, 0.6) is 5.75 Å².